The number of carboxylic acids is 1. The number of rotatable bonds is 5. The number of aromatic nitrogens is 4. The van der Waals surface area contributed by atoms with E-state index >= 15 is 0 Å². The zero-order valence-corrected chi connectivity index (χ0v) is 10.9. The molecule has 0 amide bonds. The Kier molecular flexibility index (Phi) is 3.96. The first kappa shape index (κ1) is 13.3. The average molecular weight is 282 g/mol. The molecule has 8 heteroatoms. The van der Waals surface area contributed by atoms with Crippen LogP contribution in [0.5, 0.6) is 0 Å². The lowest BCUT2D eigenvalue weighted by Crippen LogP contribution is -2.11. The van der Waals surface area contributed by atoms with Crippen molar-refractivity contribution >= 4 is 23.4 Å². The van der Waals surface area contributed by atoms with Gasteiger partial charge in [-0.15, -0.1) is 10.2 Å². The highest BCUT2D eigenvalue weighted by Gasteiger charge is 2.11. The highest BCUT2D eigenvalue weighted by Crippen LogP contribution is 2.16. The predicted molar refractivity (Wildman–Crippen MR) is 69.4 cm³/mol. The van der Waals surface area contributed by atoms with E-state index in [9.17, 15) is 4.79 Å². The molecule has 0 aromatic carbocycles. The van der Waals surface area contributed by atoms with Crippen molar-refractivity contribution in [1.82, 2.24) is 19.7 Å². The van der Waals surface area contributed by atoms with E-state index in [0.717, 1.165) is 5.82 Å². The normalized spacial score (nSPS) is 10.4. The van der Waals surface area contributed by atoms with Crippen molar-refractivity contribution in [3.8, 4) is 0 Å². The van der Waals surface area contributed by atoms with Gasteiger partial charge in [0.15, 0.2) is 5.69 Å². The summed E-state index contributed by atoms with van der Waals surface area (Å²) in [6.07, 6.45) is 2.28. The Balaban J connectivity index is 1.98. The number of halogens is 1. The van der Waals surface area contributed by atoms with E-state index in [1.54, 1.807) is 12.4 Å². The molecule has 2 aromatic rings. The molecule has 0 unspecified atom stereocenters. The van der Waals surface area contributed by atoms with Crippen molar-refractivity contribution < 1.29 is 9.90 Å². The summed E-state index contributed by atoms with van der Waals surface area (Å²) in [6.45, 7) is 0.570. The molecule has 0 radical (unpaired) electrons. The molecule has 0 aliphatic carbocycles. The number of pyridine rings is 1. The van der Waals surface area contributed by atoms with Crippen LogP contribution in [0.2, 0.25) is 5.02 Å². The Labute approximate surface area is 114 Å². The molecule has 0 saturated carbocycles. The fraction of sp³-hybridized carbons (Fsp3) is 0.273. The van der Waals surface area contributed by atoms with Gasteiger partial charge in [0.2, 0.25) is 0 Å². The van der Waals surface area contributed by atoms with E-state index < -0.39 is 5.97 Å². The molecular formula is C11H12ClN5O2. The van der Waals surface area contributed by atoms with Crippen molar-refractivity contribution in [3.05, 3.63) is 35.0 Å². The van der Waals surface area contributed by atoms with E-state index in [-0.39, 0.29) is 10.7 Å². The van der Waals surface area contributed by atoms with Crippen LogP contribution in [0.3, 0.4) is 0 Å². The third kappa shape index (κ3) is 3.19. The summed E-state index contributed by atoms with van der Waals surface area (Å²) in [4.78, 5) is 14.8. The molecule has 2 heterocycles. The third-order valence-electron chi connectivity index (χ3n) is 2.51. The second-order valence-electron chi connectivity index (χ2n) is 3.87. The maximum atomic E-state index is 10.9. The molecule has 0 aliphatic heterocycles. The summed E-state index contributed by atoms with van der Waals surface area (Å²) in [6, 6.07) is 3.13. The lowest BCUT2D eigenvalue weighted by atomic mass is 10.3. The van der Waals surface area contributed by atoms with Gasteiger partial charge in [0, 0.05) is 20.0 Å². The first-order valence-corrected chi connectivity index (χ1v) is 5.92. The number of anilines is 1. The van der Waals surface area contributed by atoms with Crippen LogP contribution in [-0.4, -0.2) is 37.4 Å². The van der Waals surface area contributed by atoms with Gasteiger partial charge in [0.25, 0.3) is 0 Å². The number of nitrogens with one attached hydrogen (secondary N) is 1. The van der Waals surface area contributed by atoms with E-state index in [2.05, 4.69) is 20.5 Å². The van der Waals surface area contributed by atoms with E-state index in [4.69, 9.17) is 16.7 Å². The Morgan fingerprint density at radius 2 is 2.32 bits per heavy atom. The number of hydrogen-bond donors (Lipinski definition) is 2. The molecule has 0 atom stereocenters. The van der Waals surface area contributed by atoms with E-state index in [1.807, 2.05) is 11.6 Å². The third-order valence-corrected chi connectivity index (χ3v) is 2.81. The second-order valence-corrected chi connectivity index (χ2v) is 4.27. The Morgan fingerprint density at radius 1 is 1.53 bits per heavy atom. The highest BCUT2D eigenvalue weighted by molar-refractivity contribution is 6.33. The fourth-order valence-electron chi connectivity index (χ4n) is 1.53. The van der Waals surface area contributed by atoms with Gasteiger partial charge in [0.05, 0.1) is 5.02 Å². The van der Waals surface area contributed by atoms with Gasteiger partial charge in [-0.05, 0) is 12.1 Å². The molecule has 2 N–H and O–H groups in total. The molecule has 0 spiro atoms. The Morgan fingerprint density at radius 3 is 2.95 bits per heavy atom. The lowest BCUT2D eigenvalue weighted by Gasteiger charge is -2.06. The number of hydrogen-bond acceptors (Lipinski definition) is 5. The van der Waals surface area contributed by atoms with E-state index in [1.165, 1.54) is 6.07 Å². The molecule has 0 saturated heterocycles. The number of aromatic carboxylic acids is 1. The topological polar surface area (TPSA) is 92.9 Å². The molecule has 2 aromatic heterocycles. The largest absolute Gasteiger partial charge is 0.476 e. The monoisotopic (exact) mass is 281 g/mol. The van der Waals surface area contributed by atoms with Gasteiger partial charge >= 0.3 is 5.97 Å². The summed E-state index contributed by atoms with van der Waals surface area (Å²) in [7, 11) is 1.86. The molecule has 2 rings (SSSR count). The first-order valence-electron chi connectivity index (χ1n) is 5.54. The van der Waals surface area contributed by atoms with Gasteiger partial charge in [-0.3, -0.25) is 0 Å². The standard InChI is InChI=1S/C11H12ClN5O2/c1-17-6-14-16-9(17)4-5-13-8-3-2-7(12)10(15-8)11(18)19/h2-3,6H,4-5H2,1H3,(H,13,15)(H,18,19). The Bertz CT molecular complexity index is 599. The van der Waals surface area contributed by atoms with E-state index in [0.29, 0.717) is 18.8 Å². The minimum atomic E-state index is -1.15. The summed E-state index contributed by atoms with van der Waals surface area (Å²) in [5.74, 6) is 0.144. The number of nitrogens with zero attached hydrogens (tertiary/aromatic N) is 4. The summed E-state index contributed by atoms with van der Waals surface area (Å²) < 4.78 is 1.82. The summed E-state index contributed by atoms with van der Waals surface area (Å²) >= 11 is 5.73. The van der Waals surface area contributed by atoms with Gasteiger partial charge in [0.1, 0.15) is 18.0 Å². The molecular weight excluding hydrogens is 270 g/mol. The van der Waals surface area contributed by atoms with Crippen LogP contribution in [0.4, 0.5) is 5.82 Å². The molecule has 0 fully saturated rings. The zero-order valence-electron chi connectivity index (χ0n) is 10.2. The van der Waals surface area contributed by atoms with Crippen LogP contribution in [0.1, 0.15) is 16.3 Å². The van der Waals surface area contributed by atoms with Gasteiger partial charge in [-0.1, -0.05) is 11.6 Å². The minimum absolute atomic E-state index is 0.117. The van der Waals surface area contributed by atoms with Crippen molar-refractivity contribution in [2.45, 2.75) is 6.42 Å². The highest BCUT2D eigenvalue weighted by atomic mass is 35.5. The van der Waals surface area contributed by atoms with Crippen molar-refractivity contribution in [3.63, 3.8) is 0 Å². The smallest absolute Gasteiger partial charge is 0.356 e. The molecule has 0 aliphatic rings. The second kappa shape index (κ2) is 5.66. The van der Waals surface area contributed by atoms with Crippen molar-refractivity contribution in [2.24, 2.45) is 7.05 Å². The van der Waals surface area contributed by atoms with Crippen LogP contribution in [0.15, 0.2) is 18.5 Å². The first-order chi connectivity index (χ1) is 9.08. The quantitative estimate of drug-likeness (QED) is 0.856. The van der Waals surface area contributed by atoms with Gasteiger partial charge in [-0.2, -0.15) is 0 Å². The maximum absolute atomic E-state index is 10.9. The average Bonchev–Trinajstić information content (AvgIpc) is 2.77. The van der Waals surface area contributed by atoms with Crippen LogP contribution in [-0.2, 0) is 13.5 Å². The fourth-order valence-corrected chi connectivity index (χ4v) is 1.71. The van der Waals surface area contributed by atoms with Gasteiger partial charge in [-0.25, -0.2) is 9.78 Å². The van der Waals surface area contributed by atoms with Crippen LogP contribution < -0.4 is 5.32 Å². The molecule has 7 nitrogen and oxygen atoms in total. The Hall–Kier alpha value is -2.15. The number of carboxylic acid groups (broad SMARTS) is 1. The number of carbonyl (C=O) groups is 1. The van der Waals surface area contributed by atoms with Crippen molar-refractivity contribution in [2.75, 3.05) is 11.9 Å². The van der Waals surface area contributed by atoms with Crippen LogP contribution in [0.25, 0.3) is 0 Å². The predicted octanol–water partition coefficient (Wildman–Crippen LogP) is 1.22. The lowest BCUT2D eigenvalue weighted by molar-refractivity contribution is 0.0691. The SMILES string of the molecule is Cn1cnnc1CCNc1ccc(Cl)c(C(=O)O)n1. The van der Waals surface area contributed by atoms with Gasteiger partial charge < -0.3 is 15.0 Å². The minimum Gasteiger partial charge on any atom is -0.476 e. The van der Waals surface area contributed by atoms with Crippen molar-refractivity contribution in [1.29, 1.82) is 0 Å². The maximum Gasteiger partial charge on any atom is 0.356 e. The summed E-state index contributed by atoms with van der Waals surface area (Å²) in [5, 5.41) is 19.8. The molecule has 100 valence electrons. The van der Waals surface area contributed by atoms with Crippen LogP contribution >= 0.6 is 11.6 Å². The zero-order chi connectivity index (χ0) is 13.8. The molecule has 0 bridgehead atoms. The van der Waals surface area contributed by atoms with Crippen LogP contribution in [0, 0.1) is 0 Å². The summed E-state index contributed by atoms with van der Waals surface area (Å²) in [5.41, 5.74) is -0.162. The number of aryl methyl sites for hydroxylation is 1. The molecule has 19 heavy (non-hydrogen) atoms.